The summed E-state index contributed by atoms with van der Waals surface area (Å²) < 4.78 is 50.1. The van der Waals surface area contributed by atoms with E-state index in [9.17, 15) is 18.0 Å². The Kier molecular flexibility index (Phi) is 6.65. The van der Waals surface area contributed by atoms with Crippen LogP contribution in [0.2, 0.25) is 5.02 Å². The normalized spacial score (nSPS) is 12.3. The lowest BCUT2D eigenvalue weighted by Crippen LogP contribution is -2.30. The molecule has 4 rings (SSSR count). The fourth-order valence-electron chi connectivity index (χ4n) is 3.25. The lowest BCUT2D eigenvalue weighted by molar-refractivity contribution is -0.137. The molecule has 0 aliphatic carbocycles. The van der Waals surface area contributed by atoms with Crippen LogP contribution in [0.5, 0.6) is 17.2 Å². The van der Waals surface area contributed by atoms with Crippen LogP contribution in [0.3, 0.4) is 0 Å². The molecule has 0 fully saturated rings. The number of hydrogen-bond donors (Lipinski definition) is 1. The highest BCUT2D eigenvalue weighted by Gasteiger charge is 2.31. The van der Waals surface area contributed by atoms with Crippen LogP contribution in [-0.2, 0) is 11.0 Å². The molecule has 4 aromatic carbocycles. The molecule has 1 unspecified atom stereocenters. The highest BCUT2D eigenvalue weighted by Crippen LogP contribution is 2.37. The van der Waals surface area contributed by atoms with E-state index in [2.05, 4.69) is 5.32 Å². The van der Waals surface area contributed by atoms with Gasteiger partial charge < -0.3 is 14.8 Å². The van der Waals surface area contributed by atoms with E-state index in [1.54, 1.807) is 49.4 Å². The van der Waals surface area contributed by atoms with E-state index >= 15 is 0 Å². The number of carbonyl (C=O) groups is 1. The molecule has 0 radical (unpaired) electrons. The minimum atomic E-state index is -4.49. The number of halogens is 4. The number of nitrogens with one attached hydrogen (secondary N) is 1. The van der Waals surface area contributed by atoms with Crippen molar-refractivity contribution in [3.05, 3.63) is 95.5 Å². The van der Waals surface area contributed by atoms with Gasteiger partial charge in [0.05, 0.1) is 10.6 Å². The van der Waals surface area contributed by atoms with Gasteiger partial charge >= 0.3 is 6.18 Å². The van der Waals surface area contributed by atoms with Crippen molar-refractivity contribution in [1.82, 2.24) is 0 Å². The molecule has 0 bridgehead atoms. The predicted molar refractivity (Wildman–Crippen MR) is 126 cm³/mol. The number of para-hydroxylation sites is 1. The maximum Gasteiger partial charge on any atom is 0.416 e. The molecule has 8 heteroatoms. The molecule has 34 heavy (non-hydrogen) atoms. The fraction of sp³-hybridized carbons (Fsp3) is 0.115. The van der Waals surface area contributed by atoms with Crippen LogP contribution in [0.15, 0.2) is 84.9 Å². The molecule has 4 nitrogen and oxygen atoms in total. The molecule has 1 atom stereocenters. The smallest absolute Gasteiger partial charge is 0.416 e. The van der Waals surface area contributed by atoms with Gasteiger partial charge in [-0.2, -0.15) is 13.2 Å². The summed E-state index contributed by atoms with van der Waals surface area (Å²) in [5, 5.41) is 4.29. The quantitative estimate of drug-likeness (QED) is 0.304. The van der Waals surface area contributed by atoms with Crippen LogP contribution >= 0.6 is 11.6 Å². The summed E-state index contributed by atoms with van der Waals surface area (Å²) in [6.45, 7) is 1.65. The lowest BCUT2D eigenvalue weighted by atomic mass is 10.1. The Morgan fingerprint density at radius 2 is 1.56 bits per heavy atom. The second kappa shape index (κ2) is 9.65. The van der Waals surface area contributed by atoms with Gasteiger partial charge in [0, 0.05) is 5.69 Å². The van der Waals surface area contributed by atoms with Gasteiger partial charge in [0.15, 0.2) is 6.10 Å². The third-order valence-corrected chi connectivity index (χ3v) is 5.29. The summed E-state index contributed by atoms with van der Waals surface area (Å²) in [7, 11) is 0. The van der Waals surface area contributed by atoms with Crippen molar-refractivity contribution in [3.63, 3.8) is 0 Å². The first kappa shape index (κ1) is 23.4. The van der Waals surface area contributed by atoms with Crippen molar-refractivity contribution in [2.24, 2.45) is 0 Å². The van der Waals surface area contributed by atoms with Gasteiger partial charge in [-0.3, -0.25) is 4.79 Å². The highest BCUT2D eigenvalue weighted by atomic mass is 35.5. The Balaban J connectivity index is 1.49. The van der Waals surface area contributed by atoms with Crippen LogP contribution in [0.4, 0.5) is 18.9 Å². The third-order valence-electron chi connectivity index (χ3n) is 4.99. The average Bonchev–Trinajstić information content (AvgIpc) is 2.80. The first-order valence-corrected chi connectivity index (χ1v) is 10.7. The molecular formula is C26H19ClF3NO3. The molecule has 174 valence electrons. The van der Waals surface area contributed by atoms with Crippen molar-refractivity contribution >= 4 is 34.0 Å². The van der Waals surface area contributed by atoms with Crippen LogP contribution in [0.1, 0.15) is 12.5 Å². The first-order chi connectivity index (χ1) is 16.2. The van der Waals surface area contributed by atoms with E-state index < -0.39 is 17.8 Å². The van der Waals surface area contributed by atoms with E-state index in [4.69, 9.17) is 21.1 Å². The Bertz CT molecular complexity index is 1330. The Morgan fingerprint density at radius 1 is 0.882 bits per heavy atom. The van der Waals surface area contributed by atoms with Gasteiger partial charge in [0.1, 0.15) is 17.2 Å². The molecular weight excluding hydrogens is 467 g/mol. The summed E-state index contributed by atoms with van der Waals surface area (Å²) in [5.74, 6) is 0.682. The van der Waals surface area contributed by atoms with E-state index in [1.807, 2.05) is 24.3 Å². The van der Waals surface area contributed by atoms with Crippen LogP contribution in [0, 0.1) is 0 Å². The maximum atomic E-state index is 12.9. The van der Waals surface area contributed by atoms with Crippen molar-refractivity contribution in [2.45, 2.75) is 19.2 Å². The second-order valence-corrected chi connectivity index (χ2v) is 7.94. The van der Waals surface area contributed by atoms with E-state index in [1.165, 1.54) is 6.07 Å². The SMILES string of the molecule is CC(Oc1ccc2ccc(Oc3ccc(C(F)(F)F)cc3Cl)cc2c1)C(=O)Nc1ccccc1. The van der Waals surface area contributed by atoms with Crippen LogP contribution < -0.4 is 14.8 Å². The maximum absolute atomic E-state index is 12.9. The molecule has 1 amide bonds. The van der Waals surface area contributed by atoms with Gasteiger partial charge in [0.2, 0.25) is 0 Å². The summed E-state index contributed by atoms with van der Waals surface area (Å²) in [4.78, 5) is 12.4. The summed E-state index contributed by atoms with van der Waals surface area (Å²) in [5.41, 5.74) is -0.180. The van der Waals surface area contributed by atoms with E-state index in [-0.39, 0.29) is 16.7 Å². The lowest BCUT2D eigenvalue weighted by Gasteiger charge is -2.15. The van der Waals surface area contributed by atoms with Crippen molar-refractivity contribution in [3.8, 4) is 17.2 Å². The van der Waals surface area contributed by atoms with Crippen molar-refractivity contribution in [1.29, 1.82) is 0 Å². The fourth-order valence-corrected chi connectivity index (χ4v) is 3.47. The highest BCUT2D eigenvalue weighted by molar-refractivity contribution is 6.32. The van der Waals surface area contributed by atoms with Crippen LogP contribution in [-0.4, -0.2) is 12.0 Å². The number of fused-ring (bicyclic) bond motifs is 1. The number of hydrogen-bond acceptors (Lipinski definition) is 3. The van der Waals surface area contributed by atoms with Gasteiger partial charge in [-0.25, -0.2) is 0 Å². The predicted octanol–water partition coefficient (Wildman–Crippen LogP) is 7.71. The second-order valence-electron chi connectivity index (χ2n) is 7.53. The Hall–Kier alpha value is -3.71. The average molecular weight is 486 g/mol. The molecule has 0 heterocycles. The molecule has 0 aliphatic heterocycles. The number of anilines is 1. The first-order valence-electron chi connectivity index (χ1n) is 10.3. The molecule has 1 N–H and O–H groups in total. The number of alkyl halides is 3. The molecule has 4 aromatic rings. The molecule has 0 saturated carbocycles. The molecule has 0 aliphatic rings. The van der Waals surface area contributed by atoms with Crippen LogP contribution in [0.25, 0.3) is 10.8 Å². The molecule has 0 spiro atoms. The van der Waals surface area contributed by atoms with E-state index in [0.717, 1.165) is 22.9 Å². The van der Waals surface area contributed by atoms with Crippen molar-refractivity contribution < 1.29 is 27.4 Å². The van der Waals surface area contributed by atoms with E-state index in [0.29, 0.717) is 17.2 Å². The summed E-state index contributed by atoms with van der Waals surface area (Å²) >= 11 is 5.99. The minimum absolute atomic E-state index is 0.104. The Morgan fingerprint density at radius 3 is 2.24 bits per heavy atom. The van der Waals surface area contributed by atoms with Crippen molar-refractivity contribution in [2.75, 3.05) is 5.32 Å². The number of benzene rings is 4. The molecule has 0 saturated heterocycles. The topological polar surface area (TPSA) is 47.6 Å². The standard InChI is InChI=1S/C26H19ClF3NO3/c1-16(25(32)31-20-5-3-2-4-6-20)33-21-10-7-17-8-11-22(14-18(17)13-21)34-24-12-9-19(15-23(24)27)26(28,29)30/h2-16H,1H3,(H,31,32). The zero-order valence-electron chi connectivity index (χ0n) is 17.9. The number of amides is 1. The summed E-state index contributed by atoms with van der Waals surface area (Å²) in [6, 6.07) is 22.5. The zero-order valence-corrected chi connectivity index (χ0v) is 18.7. The monoisotopic (exact) mass is 485 g/mol. The number of ether oxygens (including phenoxy) is 2. The number of rotatable bonds is 6. The Labute approximate surface area is 198 Å². The van der Waals surface area contributed by atoms with Gasteiger partial charge in [0.25, 0.3) is 5.91 Å². The van der Waals surface area contributed by atoms with Gasteiger partial charge in [-0.15, -0.1) is 0 Å². The molecule has 0 aromatic heterocycles. The minimum Gasteiger partial charge on any atom is -0.481 e. The van der Waals surface area contributed by atoms with Gasteiger partial charge in [-0.05, 0) is 72.3 Å². The third kappa shape index (κ3) is 5.61. The largest absolute Gasteiger partial charge is 0.481 e. The zero-order chi connectivity index (χ0) is 24.3. The summed E-state index contributed by atoms with van der Waals surface area (Å²) in [6.07, 6.45) is -5.24. The number of carbonyl (C=O) groups excluding carboxylic acids is 1. The van der Waals surface area contributed by atoms with Gasteiger partial charge in [-0.1, -0.05) is 41.9 Å².